The van der Waals surface area contributed by atoms with Crippen molar-refractivity contribution in [3.63, 3.8) is 0 Å². The molecule has 0 amide bonds. The number of nitrogens with zero attached hydrogens (tertiary/aromatic N) is 1. The van der Waals surface area contributed by atoms with Crippen LogP contribution in [0.15, 0.2) is 24.5 Å². The molecular formula is C11H15NO2. The first-order chi connectivity index (χ1) is 6.86. The molecule has 1 rings (SSSR count). The van der Waals surface area contributed by atoms with Crippen molar-refractivity contribution in [3.05, 3.63) is 30.1 Å². The van der Waals surface area contributed by atoms with E-state index in [0.29, 0.717) is 13.0 Å². The third-order valence-electron chi connectivity index (χ3n) is 1.65. The molecule has 0 fully saturated rings. The number of pyridine rings is 1. The van der Waals surface area contributed by atoms with E-state index < -0.39 is 0 Å². The van der Waals surface area contributed by atoms with Crippen molar-refractivity contribution in [1.29, 1.82) is 0 Å². The Morgan fingerprint density at radius 2 is 2.36 bits per heavy atom. The monoisotopic (exact) mass is 193 g/mol. The number of hydrogen-bond donors (Lipinski definition) is 1. The van der Waals surface area contributed by atoms with Gasteiger partial charge < -0.3 is 9.84 Å². The first-order valence-electron chi connectivity index (χ1n) is 4.72. The zero-order chi connectivity index (χ0) is 10.2. The maximum Gasteiger partial charge on any atom is 0.138 e. The third kappa shape index (κ3) is 3.58. The van der Waals surface area contributed by atoms with Crippen LogP contribution in [0.25, 0.3) is 6.08 Å². The van der Waals surface area contributed by atoms with E-state index in [1.165, 1.54) is 0 Å². The van der Waals surface area contributed by atoms with E-state index in [1.807, 2.05) is 25.1 Å². The molecule has 0 bridgehead atoms. The normalized spacial score (nSPS) is 10.7. The minimum absolute atomic E-state index is 0.176. The Balaban J connectivity index is 2.63. The van der Waals surface area contributed by atoms with Gasteiger partial charge in [-0.15, -0.1) is 0 Å². The molecule has 0 saturated carbocycles. The molecule has 1 heterocycles. The predicted molar refractivity (Wildman–Crippen MR) is 56.1 cm³/mol. The van der Waals surface area contributed by atoms with Crippen molar-refractivity contribution in [3.8, 4) is 5.75 Å². The smallest absolute Gasteiger partial charge is 0.138 e. The molecule has 3 nitrogen and oxygen atoms in total. The summed E-state index contributed by atoms with van der Waals surface area (Å²) in [6, 6.07) is 1.92. The van der Waals surface area contributed by atoms with Gasteiger partial charge in [-0.25, -0.2) is 0 Å². The van der Waals surface area contributed by atoms with Crippen LogP contribution in [0.1, 0.15) is 18.9 Å². The van der Waals surface area contributed by atoms with Gasteiger partial charge in [0.1, 0.15) is 5.75 Å². The summed E-state index contributed by atoms with van der Waals surface area (Å²) in [6.07, 6.45) is 7.95. The van der Waals surface area contributed by atoms with Gasteiger partial charge in [-0.1, -0.05) is 12.2 Å². The zero-order valence-electron chi connectivity index (χ0n) is 8.31. The zero-order valence-corrected chi connectivity index (χ0v) is 8.31. The van der Waals surface area contributed by atoms with E-state index in [1.54, 1.807) is 12.4 Å². The third-order valence-corrected chi connectivity index (χ3v) is 1.65. The predicted octanol–water partition coefficient (Wildman–Crippen LogP) is 1.88. The highest BCUT2D eigenvalue weighted by Crippen LogP contribution is 2.12. The van der Waals surface area contributed by atoms with Gasteiger partial charge in [0.05, 0.1) is 12.8 Å². The van der Waals surface area contributed by atoms with Crippen molar-refractivity contribution in [2.45, 2.75) is 13.3 Å². The summed E-state index contributed by atoms with van der Waals surface area (Å²) >= 11 is 0. The minimum Gasteiger partial charge on any atom is -0.492 e. The number of aromatic nitrogens is 1. The maximum atomic E-state index is 8.59. The molecular weight excluding hydrogens is 178 g/mol. The molecule has 0 aromatic carbocycles. The summed E-state index contributed by atoms with van der Waals surface area (Å²) in [5, 5.41) is 8.59. The molecule has 76 valence electrons. The number of aliphatic hydroxyl groups excluding tert-OH is 1. The quantitative estimate of drug-likeness (QED) is 0.776. The molecule has 0 unspecified atom stereocenters. The van der Waals surface area contributed by atoms with Gasteiger partial charge in [0.2, 0.25) is 0 Å². The Hall–Kier alpha value is -1.35. The lowest BCUT2D eigenvalue weighted by Gasteiger charge is -2.02. The van der Waals surface area contributed by atoms with Crippen LogP contribution in [-0.4, -0.2) is 23.3 Å². The fraction of sp³-hybridized carbons (Fsp3) is 0.364. The summed E-state index contributed by atoms with van der Waals surface area (Å²) in [6.45, 7) is 2.76. The summed E-state index contributed by atoms with van der Waals surface area (Å²) in [5.41, 5.74) is 0.990. The van der Waals surface area contributed by atoms with Crippen LogP contribution in [0.3, 0.4) is 0 Å². The fourth-order valence-electron chi connectivity index (χ4n) is 1.07. The average molecular weight is 193 g/mol. The molecule has 0 aliphatic heterocycles. The first kappa shape index (κ1) is 10.7. The van der Waals surface area contributed by atoms with E-state index >= 15 is 0 Å². The van der Waals surface area contributed by atoms with Crippen LogP contribution in [0.5, 0.6) is 5.75 Å². The first-order valence-corrected chi connectivity index (χ1v) is 4.72. The van der Waals surface area contributed by atoms with Crippen LogP contribution in [0.2, 0.25) is 0 Å². The van der Waals surface area contributed by atoms with E-state index in [4.69, 9.17) is 9.84 Å². The lowest BCUT2D eigenvalue weighted by atomic mass is 10.2. The van der Waals surface area contributed by atoms with Gasteiger partial charge in [0, 0.05) is 12.8 Å². The topological polar surface area (TPSA) is 42.4 Å². The van der Waals surface area contributed by atoms with Crippen molar-refractivity contribution >= 4 is 6.08 Å². The SMILES string of the molecule is CCOc1cncc(C=CCCO)c1. The van der Waals surface area contributed by atoms with Gasteiger partial charge in [-0.2, -0.15) is 0 Å². The highest BCUT2D eigenvalue weighted by molar-refractivity contribution is 5.49. The van der Waals surface area contributed by atoms with Crippen LogP contribution in [-0.2, 0) is 0 Å². The lowest BCUT2D eigenvalue weighted by Crippen LogP contribution is -1.92. The van der Waals surface area contributed by atoms with E-state index in [9.17, 15) is 0 Å². The molecule has 0 aliphatic carbocycles. The lowest BCUT2D eigenvalue weighted by molar-refractivity contribution is 0.303. The van der Waals surface area contributed by atoms with Crippen LogP contribution < -0.4 is 4.74 Å². The Kier molecular flexibility index (Phi) is 4.72. The maximum absolute atomic E-state index is 8.59. The summed E-state index contributed by atoms with van der Waals surface area (Å²) in [5.74, 6) is 0.777. The average Bonchev–Trinajstić information content (AvgIpc) is 2.19. The van der Waals surface area contributed by atoms with Crippen molar-refractivity contribution in [2.24, 2.45) is 0 Å². The van der Waals surface area contributed by atoms with Gasteiger partial charge in [0.25, 0.3) is 0 Å². The second kappa shape index (κ2) is 6.16. The molecule has 1 aromatic rings. The van der Waals surface area contributed by atoms with E-state index in [0.717, 1.165) is 11.3 Å². The van der Waals surface area contributed by atoms with Crippen LogP contribution >= 0.6 is 0 Å². The molecule has 0 aliphatic rings. The van der Waals surface area contributed by atoms with Crippen molar-refractivity contribution in [1.82, 2.24) is 4.98 Å². The van der Waals surface area contributed by atoms with Crippen LogP contribution in [0, 0.1) is 0 Å². The van der Waals surface area contributed by atoms with E-state index in [-0.39, 0.29) is 6.61 Å². The second-order valence-corrected chi connectivity index (χ2v) is 2.80. The van der Waals surface area contributed by atoms with Crippen molar-refractivity contribution < 1.29 is 9.84 Å². The molecule has 0 radical (unpaired) electrons. The fourth-order valence-corrected chi connectivity index (χ4v) is 1.07. The van der Waals surface area contributed by atoms with Gasteiger partial charge in [-0.3, -0.25) is 4.98 Å². The van der Waals surface area contributed by atoms with Gasteiger partial charge in [0.15, 0.2) is 0 Å². The molecule has 1 aromatic heterocycles. The Morgan fingerprint density at radius 3 is 3.07 bits per heavy atom. The number of rotatable bonds is 5. The largest absolute Gasteiger partial charge is 0.492 e. The molecule has 0 spiro atoms. The number of ether oxygens (including phenoxy) is 1. The standard InChI is InChI=1S/C11H15NO2/c1-2-14-11-7-10(8-12-9-11)5-3-4-6-13/h3,5,7-9,13H,2,4,6H2,1H3. The molecule has 0 atom stereocenters. The van der Waals surface area contributed by atoms with Crippen LogP contribution in [0.4, 0.5) is 0 Å². The summed E-state index contributed by atoms with van der Waals surface area (Å²) in [7, 11) is 0. The molecule has 1 N–H and O–H groups in total. The summed E-state index contributed by atoms with van der Waals surface area (Å²) in [4.78, 5) is 4.04. The molecule has 14 heavy (non-hydrogen) atoms. The van der Waals surface area contributed by atoms with Gasteiger partial charge in [-0.05, 0) is 25.0 Å². The van der Waals surface area contributed by atoms with Gasteiger partial charge >= 0.3 is 0 Å². The van der Waals surface area contributed by atoms with Crippen molar-refractivity contribution in [2.75, 3.05) is 13.2 Å². The highest BCUT2D eigenvalue weighted by atomic mass is 16.5. The molecule has 3 heteroatoms. The Morgan fingerprint density at radius 1 is 1.50 bits per heavy atom. The minimum atomic E-state index is 0.176. The Bertz CT molecular complexity index is 297. The number of hydrogen-bond acceptors (Lipinski definition) is 3. The number of aliphatic hydroxyl groups is 1. The second-order valence-electron chi connectivity index (χ2n) is 2.80. The Labute approximate surface area is 84.1 Å². The highest BCUT2D eigenvalue weighted by Gasteiger charge is 1.93. The summed E-state index contributed by atoms with van der Waals surface area (Å²) < 4.78 is 5.31. The van der Waals surface area contributed by atoms with E-state index in [2.05, 4.69) is 4.98 Å². The molecule has 0 saturated heterocycles.